The Hall–Kier alpha value is -3.64. The topological polar surface area (TPSA) is 94.0 Å². The Morgan fingerprint density at radius 3 is 2.64 bits per heavy atom. The van der Waals surface area contributed by atoms with Crippen LogP contribution >= 0.6 is 22.9 Å². The summed E-state index contributed by atoms with van der Waals surface area (Å²) in [5, 5.41) is 11.7. The minimum Gasteiger partial charge on any atom is -0.406 e. The van der Waals surface area contributed by atoms with Crippen molar-refractivity contribution in [1.82, 2.24) is 19.7 Å². The van der Waals surface area contributed by atoms with Crippen molar-refractivity contribution in [2.75, 3.05) is 10.6 Å². The van der Waals surface area contributed by atoms with E-state index in [1.807, 2.05) is 0 Å². The van der Waals surface area contributed by atoms with E-state index in [0.29, 0.717) is 38.6 Å². The number of hydrogen-bond acceptors (Lipinski definition) is 7. The molecule has 33 heavy (non-hydrogen) atoms. The van der Waals surface area contributed by atoms with Crippen LogP contribution in [0.4, 0.5) is 30.6 Å². The van der Waals surface area contributed by atoms with Crippen LogP contribution in [0.1, 0.15) is 9.67 Å². The molecule has 1 aromatic carbocycles. The van der Waals surface area contributed by atoms with E-state index >= 15 is 0 Å². The first-order valence-corrected chi connectivity index (χ1v) is 10.5. The molecular formula is C20H14ClF3N6O2S. The molecule has 4 aromatic rings. The van der Waals surface area contributed by atoms with Gasteiger partial charge in [0.25, 0.3) is 5.91 Å². The lowest BCUT2D eigenvalue weighted by Gasteiger charge is -2.09. The van der Waals surface area contributed by atoms with Gasteiger partial charge in [-0.25, -0.2) is 9.97 Å². The van der Waals surface area contributed by atoms with E-state index in [0.717, 1.165) is 12.1 Å². The van der Waals surface area contributed by atoms with E-state index in [-0.39, 0.29) is 5.75 Å². The number of nitrogens with zero attached hydrogens (tertiary/aromatic N) is 4. The largest absolute Gasteiger partial charge is 0.573 e. The Kier molecular flexibility index (Phi) is 6.20. The molecule has 2 N–H and O–H groups in total. The van der Waals surface area contributed by atoms with E-state index < -0.39 is 12.3 Å². The predicted octanol–water partition coefficient (Wildman–Crippen LogP) is 5.49. The predicted molar refractivity (Wildman–Crippen MR) is 118 cm³/mol. The van der Waals surface area contributed by atoms with Crippen LogP contribution in [-0.2, 0) is 7.05 Å². The van der Waals surface area contributed by atoms with Crippen molar-refractivity contribution in [2.45, 2.75) is 6.36 Å². The Morgan fingerprint density at radius 1 is 1.21 bits per heavy atom. The van der Waals surface area contributed by atoms with Crippen molar-refractivity contribution >= 4 is 46.3 Å². The smallest absolute Gasteiger partial charge is 0.406 e. The lowest BCUT2D eigenvalue weighted by Crippen LogP contribution is -2.17. The second-order valence-electron chi connectivity index (χ2n) is 6.58. The number of aryl methyl sites for hydroxylation is 1. The lowest BCUT2D eigenvalue weighted by atomic mass is 10.2. The molecular weight excluding hydrogens is 481 g/mol. The Labute approximate surface area is 194 Å². The van der Waals surface area contributed by atoms with Gasteiger partial charge in [0.15, 0.2) is 0 Å². The van der Waals surface area contributed by atoms with Gasteiger partial charge in [0.2, 0.25) is 5.95 Å². The standard InChI is InChI=1S/C20H14ClF3N6O2S/c1-30-16(6-7-26-30)28-19-25-9-14(21)17(29-19)11-8-15(33-10-11)18(31)27-12-2-4-13(5-3-12)32-20(22,23)24/h2-10H,1H3,(H,27,31)(H,25,28,29). The van der Waals surface area contributed by atoms with Crippen LogP contribution in [0, 0.1) is 0 Å². The molecule has 13 heteroatoms. The number of anilines is 3. The van der Waals surface area contributed by atoms with Crippen LogP contribution in [0.5, 0.6) is 5.75 Å². The van der Waals surface area contributed by atoms with Crippen molar-refractivity contribution in [3.05, 3.63) is 64.1 Å². The van der Waals surface area contributed by atoms with Crippen LogP contribution in [0.25, 0.3) is 11.3 Å². The molecule has 0 aliphatic heterocycles. The number of ether oxygens (including phenoxy) is 1. The quantitative estimate of drug-likeness (QED) is 0.368. The number of hydrogen-bond donors (Lipinski definition) is 2. The third-order valence-electron chi connectivity index (χ3n) is 4.25. The zero-order valence-electron chi connectivity index (χ0n) is 16.7. The molecule has 1 amide bonds. The summed E-state index contributed by atoms with van der Waals surface area (Å²) in [7, 11) is 1.76. The van der Waals surface area contributed by atoms with Gasteiger partial charge < -0.3 is 15.4 Å². The van der Waals surface area contributed by atoms with Crippen molar-refractivity contribution in [2.24, 2.45) is 7.05 Å². The maximum Gasteiger partial charge on any atom is 0.573 e. The molecule has 0 aliphatic rings. The maximum atomic E-state index is 12.6. The second kappa shape index (κ2) is 9.08. The third-order valence-corrected chi connectivity index (χ3v) is 5.45. The molecule has 3 aromatic heterocycles. The lowest BCUT2D eigenvalue weighted by molar-refractivity contribution is -0.274. The van der Waals surface area contributed by atoms with Gasteiger partial charge in [0.1, 0.15) is 11.6 Å². The fourth-order valence-electron chi connectivity index (χ4n) is 2.75. The summed E-state index contributed by atoms with van der Waals surface area (Å²) in [4.78, 5) is 21.5. The van der Waals surface area contributed by atoms with Gasteiger partial charge in [-0.3, -0.25) is 9.48 Å². The van der Waals surface area contributed by atoms with Gasteiger partial charge in [0.05, 0.1) is 28.0 Å². The monoisotopic (exact) mass is 494 g/mol. The van der Waals surface area contributed by atoms with Crippen LogP contribution in [-0.4, -0.2) is 32.0 Å². The Bertz CT molecular complexity index is 1290. The molecule has 4 rings (SSSR count). The Balaban J connectivity index is 1.48. The zero-order valence-corrected chi connectivity index (χ0v) is 18.3. The molecule has 0 atom stereocenters. The number of rotatable bonds is 6. The fourth-order valence-corrected chi connectivity index (χ4v) is 3.74. The second-order valence-corrected chi connectivity index (χ2v) is 7.90. The molecule has 170 valence electrons. The third kappa shape index (κ3) is 5.59. The first-order valence-electron chi connectivity index (χ1n) is 9.21. The maximum absolute atomic E-state index is 12.6. The van der Waals surface area contributed by atoms with Crippen LogP contribution in [0.3, 0.4) is 0 Å². The number of aromatic nitrogens is 4. The minimum absolute atomic E-state index is 0.301. The van der Waals surface area contributed by atoms with Gasteiger partial charge in [-0.1, -0.05) is 11.6 Å². The van der Waals surface area contributed by atoms with E-state index in [2.05, 4.69) is 30.4 Å². The minimum atomic E-state index is -4.78. The van der Waals surface area contributed by atoms with Gasteiger partial charge in [0, 0.05) is 29.7 Å². The van der Waals surface area contributed by atoms with E-state index in [9.17, 15) is 18.0 Å². The molecule has 0 saturated heterocycles. The molecule has 0 aliphatic carbocycles. The fraction of sp³-hybridized carbons (Fsp3) is 0.100. The van der Waals surface area contributed by atoms with E-state index in [1.165, 1.54) is 29.7 Å². The highest BCUT2D eigenvalue weighted by molar-refractivity contribution is 7.12. The van der Waals surface area contributed by atoms with Crippen molar-refractivity contribution < 1.29 is 22.7 Å². The van der Waals surface area contributed by atoms with E-state index in [1.54, 1.807) is 35.4 Å². The number of thiophene rings is 1. The summed E-state index contributed by atoms with van der Waals surface area (Å²) >= 11 is 7.43. The average molecular weight is 495 g/mol. The number of alkyl halides is 3. The van der Waals surface area contributed by atoms with Crippen LogP contribution in [0.15, 0.2) is 54.2 Å². The number of halogens is 4. The molecule has 0 bridgehead atoms. The van der Waals surface area contributed by atoms with Gasteiger partial charge in [-0.05, 0) is 30.3 Å². The van der Waals surface area contributed by atoms with Gasteiger partial charge >= 0.3 is 6.36 Å². The average Bonchev–Trinajstić information content (AvgIpc) is 3.39. The molecule has 0 unspecified atom stereocenters. The summed E-state index contributed by atoms with van der Waals surface area (Å²) in [6.07, 6.45) is -1.71. The number of amides is 1. The van der Waals surface area contributed by atoms with E-state index in [4.69, 9.17) is 11.6 Å². The Morgan fingerprint density at radius 2 is 1.97 bits per heavy atom. The summed E-state index contributed by atoms with van der Waals surface area (Å²) in [5.41, 5.74) is 1.35. The summed E-state index contributed by atoms with van der Waals surface area (Å²) in [6.45, 7) is 0. The first kappa shape index (κ1) is 22.6. The van der Waals surface area contributed by atoms with Crippen molar-refractivity contribution in [1.29, 1.82) is 0 Å². The molecule has 0 radical (unpaired) electrons. The van der Waals surface area contributed by atoms with Gasteiger partial charge in [-0.2, -0.15) is 5.10 Å². The van der Waals surface area contributed by atoms with Gasteiger partial charge in [-0.15, -0.1) is 24.5 Å². The number of carbonyl (C=O) groups is 1. The van der Waals surface area contributed by atoms with Crippen LogP contribution < -0.4 is 15.4 Å². The number of nitrogens with one attached hydrogen (secondary N) is 2. The SMILES string of the molecule is Cn1nccc1Nc1ncc(Cl)c(-c2csc(C(=O)Nc3ccc(OC(F)(F)F)cc3)c2)n1. The molecule has 0 fully saturated rings. The van der Waals surface area contributed by atoms with Crippen LogP contribution in [0.2, 0.25) is 5.02 Å². The summed E-state index contributed by atoms with van der Waals surface area (Å²) in [6, 6.07) is 8.22. The highest BCUT2D eigenvalue weighted by atomic mass is 35.5. The highest BCUT2D eigenvalue weighted by Gasteiger charge is 2.31. The summed E-state index contributed by atoms with van der Waals surface area (Å²) < 4.78 is 42.2. The summed E-state index contributed by atoms with van der Waals surface area (Å²) in [5.74, 6) is 0.165. The normalized spacial score (nSPS) is 11.3. The number of benzene rings is 1. The first-order chi connectivity index (χ1) is 15.7. The number of carbonyl (C=O) groups excluding carboxylic acids is 1. The molecule has 8 nitrogen and oxygen atoms in total. The molecule has 0 saturated carbocycles. The highest BCUT2D eigenvalue weighted by Crippen LogP contribution is 2.31. The molecule has 3 heterocycles. The zero-order chi connectivity index (χ0) is 23.6. The van der Waals surface area contributed by atoms with Crippen molar-refractivity contribution in [3.8, 4) is 17.0 Å². The van der Waals surface area contributed by atoms with Crippen molar-refractivity contribution in [3.63, 3.8) is 0 Å². The molecule has 0 spiro atoms.